The van der Waals surface area contributed by atoms with Crippen LogP contribution < -0.4 is 9.47 Å². The minimum atomic E-state index is -0.672. The molecular formula is C14H12ClFO3S. The standard InChI is InChI=1S/C14H12ClFO3S/c1-7-6-20-14(12(7)15)13(17)8-4-10(18-2)11(19-3)5-9(8)16/h4-6H,1-3H3. The topological polar surface area (TPSA) is 35.5 Å². The lowest BCUT2D eigenvalue weighted by Gasteiger charge is -2.10. The van der Waals surface area contributed by atoms with E-state index in [0.717, 1.165) is 11.6 Å². The van der Waals surface area contributed by atoms with Crippen molar-refractivity contribution in [3.8, 4) is 11.5 Å². The molecule has 0 N–H and O–H groups in total. The van der Waals surface area contributed by atoms with Gasteiger partial charge in [-0.2, -0.15) is 0 Å². The Morgan fingerprint density at radius 2 is 1.85 bits per heavy atom. The van der Waals surface area contributed by atoms with E-state index in [9.17, 15) is 9.18 Å². The SMILES string of the molecule is COc1cc(F)c(C(=O)c2scc(C)c2Cl)cc1OC. The molecule has 0 saturated carbocycles. The van der Waals surface area contributed by atoms with Crippen molar-refractivity contribution in [2.24, 2.45) is 0 Å². The monoisotopic (exact) mass is 314 g/mol. The molecule has 0 unspecified atom stereocenters. The summed E-state index contributed by atoms with van der Waals surface area (Å²) in [5, 5.41) is 2.11. The van der Waals surface area contributed by atoms with Crippen LogP contribution in [0.5, 0.6) is 11.5 Å². The number of halogens is 2. The van der Waals surface area contributed by atoms with E-state index >= 15 is 0 Å². The van der Waals surface area contributed by atoms with E-state index in [1.807, 2.05) is 0 Å². The molecule has 1 heterocycles. The fourth-order valence-corrected chi connectivity index (χ4v) is 2.97. The molecule has 0 fully saturated rings. The van der Waals surface area contributed by atoms with E-state index in [4.69, 9.17) is 21.1 Å². The maximum absolute atomic E-state index is 14.0. The summed E-state index contributed by atoms with van der Waals surface area (Å²) in [7, 11) is 2.82. The summed E-state index contributed by atoms with van der Waals surface area (Å²) in [6.45, 7) is 1.79. The summed E-state index contributed by atoms with van der Waals surface area (Å²) in [6.07, 6.45) is 0. The average molecular weight is 315 g/mol. The van der Waals surface area contributed by atoms with Gasteiger partial charge in [0.1, 0.15) is 5.82 Å². The molecule has 6 heteroatoms. The van der Waals surface area contributed by atoms with Gasteiger partial charge < -0.3 is 9.47 Å². The number of ketones is 1. The van der Waals surface area contributed by atoms with Gasteiger partial charge in [-0.1, -0.05) is 11.6 Å². The van der Waals surface area contributed by atoms with Crippen molar-refractivity contribution in [3.63, 3.8) is 0 Å². The van der Waals surface area contributed by atoms with E-state index in [1.165, 1.54) is 31.6 Å². The highest BCUT2D eigenvalue weighted by molar-refractivity contribution is 7.13. The Morgan fingerprint density at radius 3 is 2.35 bits per heavy atom. The molecule has 0 aliphatic carbocycles. The van der Waals surface area contributed by atoms with Gasteiger partial charge in [0.25, 0.3) is 0 Å². The highest BCUT2D eigenvalue weighted by atomic mass is 35.5. The van der Waals surface area contributed by atoms with Gasteiger partial charge in [0, 0.05) is 6.07 Å². The normalized spacial score (nSPS) is 10.4. The molecule has 106 valence electrons. The van der Waals surface area contributed by atoms with Crippen molar-refractivity contribution in [2.75, 3.05) is 14.2 Å². The van der Waals surface area contributed by atoms with Gasteiger partial charge in [-0.15, -0.1) is 11.3 Å². The van der Waals surface area contributed by atoms with Crippen molar-refractivity contribution in [3.05, 3.63) is 44.4 Å². The smallest absolute Gasteiger partial charge is 0.207 e. The Balaban J connectivity index is 2.52. The highest BCUT2D eigenvalue weighted by Gasteiger charge is 2.22. The Morgan fingerprint density at radius 1 is 1.25 bits per heavy atom. The van der Waals surface area contributed by atoms with Crippen LogP contribution in [0, 0.1) is 12.7 Å². The first kappa shape index (κ1) is 14.8. The van der Waals surface area contributed by atoms with E-state index in [0.29, 0.717) is 15.6 Å². The van der Waals surface area contributed by atoms with E-state index in [1.54, 1.807) is 12.3 Å². The van der Waals surface area contributed by atoms with Crippen LogP contribution in [0.15, 0.2) is 17.5 Å². The van der Waals surface area contributed by atoms with Crippen molar-refractivity contribution < 1.29 is 18.7 Å². The first-order chi connectivity index (χ1) is 9.49. The van der Waals surface area contributed by atoms with Crippen LogP contribution in [0.3, 0.4) is 0 Å². The van der Waals surface area contributed by atoms with Gasteiger partial charge >= 0.3 is 0 Å². The molecule has 20 heavy (non-hydrogen) atoms. The van der Waals surface area contributed by atoms with Crippen LogP contribution in [0.1, 0.15) is 20.8 Å². The molecule has 0 radical (unpaired) electrons. The Bertz CT molecular complexity index is 667. The van der Waals surface area contributed by atoms with Crippen LogP contribution in [-0.2, 0) is 0 Å². The molecule has 3 nitrogen and oxygen atoms in total. The number of hydrogen-bond donors (Lipinski definition) is 0. The third-order valence-corrected chi connectivity index (χ3v) is 4.52. The number of hydrogen-bond acceptors (Lipinski definition) is 4. The first-order valence-corrected chi connectivity index (χ1v) is 6.95. The number of carbonyl (C=O) groups is 1. The number of aryl methyl sites for hydroxylation is 1. The summed E-state index contributed by atoms with van der Waals surface area (Å²) in [5.41, 5.74) is 0.701. The second-order valence-electron chi connectivity index (χ2n) is 4.08. The van der Waals surface area contributed by atoms with Gasteiger partial charge in [-0.3, -0.25) is 4.79 Å². The molecule has 0 saturated heterocycles. The highest BCUT2D eigenvalue weighted by Crippen LogP contribution is 2.34. The molecule has 1 aromatic carbocycles. The van der Waals surface area contributed by atoms with Crippen LogP contribution in [0.25, 0.3) is 0 Å². The molecule has 2 rings (SSSR count). The average Bonchev–Trinajstić information content (AvgIpc) is 2.78. The summed E-state index contributed by atoms with van der Waals surface area (Å²) in [4.78, 5) is 12.7. The van der Waals surface area contributed by atoms with Gasteiger partial charge in [0.05, 0.1) is 29.7 Å². The molecule has 2 aromatic rings. The summed E-state index contributed by atoms with van der Waals surface area (Å²) in [6, 6.07) is 2.45. The lowest BCUT2D eigenvalue weighted by molar-refractivity contribution is 0.103. The number of carbonyl (C=O) groups excluding carboxylic acids is 1. The predicted molar refractivity (Wildman–Crippen MR) is 77.0 cm³/mol. The summed E-state index contributed by atoms with van der Waals surface area (Å²) >= 11 is 7.24. The fourth-order valence-electron chi connectivity index (χ4n) is 1.73. The largest absolute Gasteiger partial charge is 0.493 e. The van der Waals surface area contributed by atoms with E-state index in [-0.39, 0.29) is 11.3 Å². The van der Waals surface area contributed by atoms with Gasteiger partial charge in [-0.25, -0.2) is 4.39 Å². The van der Waals surface area contributed by atoms with Crippen LogP contribution in [-0.4, -0.2) is 20.0 Å². The second kappa shape index (κ2) is 5.81. The third kappa shape index (κ3) is 2.51. The molecule has 1 aromatic heterocycles. The maximum atomic E-state index is 14.0. The summed E-state index contributed by atoms with van der Waals surface area (Å²) < 4.78 is 24.1. The lowest BCUT2D eigenvalue weighted by atomic mass is 10.1. The van der Waals surface area contributed by atoms with Crippen LogP contribution in [0.4, 0.5) is 4.39 Å². The number of rotatable bonds is 4. The molecule has 0 atom stereocenters. The van der Waals surface area contributed by atoms with E-state index < -0.39 is 11.6 Å². The number of ether oxygens (including phenoxy) is 2. The molecule has 0 aliphatic rings. The molecule has 0 amide bonds. The van der Waals surface area contributed by atoms with Gasteiger partial charge in [-0.05, 0) is 23.9 Å². The predicted octanol–water partition coefficient (Wildman–Crippen LogP) is 4.10. The van der Waals surface area contributed by atoms with Crippen LogP contribution >= 0.6 is 22.9 Å². The molecule has 0 aliphatic heterocycles. The number of thiophene rings is 1. The molecule has 0 spiro atoms. The number of methoxy groups -OCH3 is 2. The minimum Gasteiger partial charge on any atom is -0.493 e. The Labute approximate surface area is 124 Å². The third-order valence-electron chi connectivity index (χ3n) is 2.82. The lowest BCUT2D eigenvalue weighted by Crippen LogP contribution is -2.05. The van der Waals surface area contributed by atoms with Crippen molar-refractivity contribution in [2.45, 2.75) is 6.92 Å². The quantitative estimate of drug-likeness (QED) is 0.797. The van der Waals surface area contributed by atoms with Crippen molar-refractivity contribution in [1.29, 1.82) is 0 Å². The Hall–Kier alpha value is -1.59. The zero-order valence-electron chi connectivity index (χ0n) is 11.1. The Kier molecular flexibility index (Phi) is 4.30. The minimum absolute atomic E-state index is 0.0913. The van der Waals surface area contributed by atoms with Gasteiger partial charge in [0.15, 0.2) is 11.5 Å². The first-order valence-electron chi connectivity index (χ1n) is 5.69. The summed E-state index contributed by atoms with van der Waals surface area (Å²) in [5.74, 6) is -0.613. The fraction of sp³-hybridized carbons (Fsp3) is 0.214. The van der Waals surface area contributed by atoms with Crippen molar-refractivity contribution >= 4 is 28.7 Å². The zero-order chi connectivity index (χ0) is 14.9. The van der Waals surface area contributed by atoms with Crippen LogP contribution in [0.2, 0.25) is 5.02 Å². The number of benzene rings is 1. The second-order valence-corrected chi connectivity index (χ2v) is 5.34. The van der Waals surface area contributed by atoms with Crippen molar-refractivity contribution in [1.82, 2.24) is 0 Å². The van der Waals surface area contributed by atoms with E-state index in [2.05, 4.69) is 0 Å². The molecular weight excluding hydrogens is 303 g/mol. The zero-order valence-corrected chi connectivity index (χ0v) is 12.7. The van der Waals surface area contributed by atoms with Gasteiger partial charge in [0.2, 0.25) is 5.78 Å². The maximum Gasteiger partial charge on any atom is 0.207 e. The molecule has 0 bridgehead atoms.